The second-order valence-corrected chi connectivity index (χ2v) is 9.32. The Hall–Kier alpha value is -1.74. The van der Waals surface area contributed by atoms with Crippen LogP contribution in [0.1, 0.15) is 30.9 Å². The largest absolute Gasteiger partial charge is 0.381 e. The lowest BCUT2D eigenvalue weighted by atomic mass is 9.73. The van der Waals surface area contributed by atoms with Crippen molar-refractivity contribution in [1.82, 2.24) is 0 Å². The zero-order chi connectivity index (χ0) is 20.4. The van der Waals surface area contributed by atoms with Crippen LogP contribution in [0.25, 0.3) is 0 Å². The first-order valence-electron chi connectivity index (χ1n) is 9.07. The standard InChI is InChI=1S/C20H23BrN2O4S/c1-2-14-3-8-17(13-18(14)28(22,25)26)23-19(24)20(9-11-27-12-10-20)15-4-6-16(21)7-5-15/h3-8,13H,2,9-12H2,1H3,(H,23,24)(H2,22,25,26). The lowest BCUT2D eigenvalue weighted by Gasteiger charge is -2.36. The van der Waals surface area contributed by atoms with Crippen molar-refractivity contribution in [2.45, 2.75) is 36.5 Å². The monoisotopic (exact) mass is 466 g/mol. The Morgan fingerprint density at radius 3 is 2.39 bits per heavy atom. The Bertz CT molecular complexity index is 968. The molecule has 1 amide bonds. The highest BCUT2D eigenvalue weighted by Crippen LogP contribution is 2.37. The molecule has 0 aromatic heterocycles. The topological polar surface area (TPSA) is 98.5 Å². The number of benzene rings is 2. The van der Waals surface area contributed by atoms with Crippen LogP contribution in [0.3, 0.4) is 0 Å². The third kappa shape index (κ3) is 4.30. The van der Waals surface area contributed by atoms with Gasteiger partial charge < -0.3 is 10.1 Å². The number of anilines is 1. The van der Waals surface area contributed by atoms with Gasteiger partial charge in [-0.25, -0.2) is 13.6 Å². The van der Waals surface area contributed by atoms with Crippen LogP contribution in [0, 0.1) is 0 Å². The van der Waals surface area contributed by atoms with Gasteiger partial charge in [-0.2, -0.15) is 0 Å². The summed E-state index contributed by atoms with van der Waals surface area (Å²) in [7, 11) is -3.88. The molecule has 3 rings (SSSR count). The minimum atomic E-state index is -3.88. The molecule has 1 fully saturated rings. The van der Waals surface area contributed by atoms with Crippen molar-refractivity contribution in [3.8, 4) is 0 Å². The molecule has 0 atom stereocenters. The van der Waals surface area contributed by atoms with Crippen molar-refractivity contribution < 1.29 is 17.9 Å². The van der Waals surface area contributed by atoms with E-state index in [1.165, 1.54) is 6.07 Å². The molecule has 1 aliphatic rings. The number of ether oxygens (including phenoxy) is 1. The summed E-state index contributed by atoms with van der Waals surface area (Å²) in [5.41, 5.74) is 1.21. The van der Waals surface area contributed by atoms with E-state index in [0.29, 0.717) is 43.7 Å². The van der Waals surface area contributed by atoms with E-state index >= 15 is 0 Å². The molecule has 1 saturated heterocycles. The van der Waals surface area contributed by atoms with Crippen molar-refractivity contribution in [2.24, 2.45) is 5.14 Å². The van der Waals surface area contributed by atoms with Crippen LogP contribution in [0.5, 0.6) is 0 Å². The summed E-state index contributed by atoms with van der Waals surface area (Å²) in [6.07, 6.45) is 1.63. The van der Waals surface area contributed by atoms with Crippen molar-refractivity contribution in [1.29, 1.82) is 0 Å². The summed E-state index contributed by atoms with van der Waals surface area (Å²) >= 11 is 3.42. The van der Waals surface area contributed by atoms with Gasteiger partial charge in [-0.15, -0.1) is 0 Å². The van der Waals surface area contributed by atoms with E-state index in [2.05, 4.69) is 21.2 Å². The Morgan fingerprint density at radius 2 is 1.82 bits per heavy atom. The number of rotatable bonds is 5. The minimum Gasteiger partial charge on any atom is -0.381 e. The number of primary sulfonamides is 1. The summed E-state index contributed by atoms with van der Waals surface area (Å²) in [6.45, 7) is 2.83. The molecule has 2 aromatic carbocycles. The lowest BCUT2D eigenvalue weighted by molar-refractivity contribution is -0.125. The number of aryl methyl sites for hydroxylation is 1. The molecule has 0 aliphatic carbocycles. The molecule has 1 heterocycles. The van der Waals surface area contributed by atoms with E-state index in [9.17, 15) is 13.2 Å². The fourth-order valence-corrected chi connectivity index (χ4v) is 4.71. The average molecular weight is 467 g/mol. The van der Waals surface area contributed by atoms with Gasteiger partial charge in [0.1, 0.15) is 0 Å². The van der Waals surface area contributed by atoms with E-state index in [0.717, 1.165) is 10.0 Å². The molecule has 0 saturated carbocycles. The molecule has 1 aliphatic heterocycles. The molecule has 150 valence electrons. The molecular formula is C20H23BrN2O4S. The summed E-state index contributed by atoms with van der Waals surface area (Å²) in [6, 6.07) is 12.5. The second kappa shape index (κ2) is 8.32. The molecule has 0 spiro atoms. The molecule has 0 bridgehead atoms. The first-order chi connectivity index (χ1) is 13.3. The van der Waals surface area contributed by atoms with Crippen LogP contribution in [0.4, 0.5) is 5.69 Å². The van der Waals surface area contributed by atoms with Crippen LogP contribution in [-0.4, -0.2) is 27.5 Å². The molecular weight excluding hydrogens is 444 g/mol. The average Bonchev–Trinajstić information content (AvgIpc) is 2.68. The van der Waals surface area contributed by atoms with Crippen LogP contribution in [-0.2, 0) is 31.4 Å². The second-order valence-electron chi connectivity index (χ2n) is 6.88. The van der Waals surface area contributed by atoms with E-state index < -0.39 is 15.4 Å². The maximum absolute atomic E-state index is 13.3. The quantitative estimate of drug-likeness (QED) is 0.705. The SMILES string of the molecule is CCc1ccc(NC(=O)C2(c3ccc(Br)cc3)CCOCC2)cc1S(N)(=O)=O. The van der Waals surface area contributed by atoms with Gasteiger partial charge in [-0.3, -0.25) is 4.79 Å². The number of hydrogen-bond donors (Lipinski definition) is 2. The third-order valence-electron chi connectivity index (χ3n) is 5.19. The van der Waals surface area contributed by atoms with Gasteiger partial charge in [0.25, 0.3) is 0 Å². The van der Waals surface area contributed by atoms with Crippen molar-refractivity contribution in [2.75, 3.05) is 18.5 Å². The molecule has 2 aromatic rings. The van der Waals surface area contributed by atoms with Gasteiger partial charge in [0, 0.05) is 23.4 Å². The number of nitrogens with two attached hydrogens (primary N) is 1. The fraction of sp³-hybridized carbons (Fsp3) is 0.350. The maximum Gasteiger partial charge on any atom is 0.238 e. The van der Waals surface area contributed by atoms with E-state index in [-0.39, 0.29) is 10.8 Å². The Kier molecular flexibility index (Phi) is 6.24. The predicted octanol–water partition coefficient (Wildman–Crippen LogP) is 3.35. The zero-order valence-electron chi connectivity index (χ0n) is 15.6. The number of hydrogen-bond acceptors (Lipinski definition) is 4. The van der Waals surface area contributed by atoms with E-state index in [1.54, 1.807) is 12.1 Å². The summed E-state index contributed by atoms with van der Waals surface area (Å²) in [4.78, 5) is 13.4. The van der Waals surface area contributed by atoms with Crippen molar-refractivity contribution in [3.63, 3.8) is 0 Å². The van der Waals surface area contributed by atoms with Gasteiger partial charge in [0.15, 0.2) is 0 Å². The molecule has 0 unspecified atom stereocenters. The summed E-state index contributed by atoms with van der Waals surface area (Å²) in [5.74, 6) is -0.178. The molecule has 8 heteroatoms. The van der Waals surface area contributed by atoms with Gasteiger partial charge in [-0.1, -0.05) is 41.1 Å². The van der Waals surface area contributed by atoms with E-state index in [1.807, 2.05) is 31.2 Å². The van der Waals surface area contributed by atoms with Crippen LogP contribution >= 0.6 is 15.9 Å². The number of carbonyl (C=O) groups is 1. The van der Waals surface area contributed by atoms with Crippen molar-refractivity contribution >= 4 is 37.5 Å². The number of sulfonamides is 1. The zero-order valence-corrected chi connectivity index (χ0v) is 18.0. The molecule has 28 heavy (non-hydrogen) atoms. The van der Waals surface area contributed by atoms with Crippen LogP contribution < -0.4 is 10.5 Å². The van der Waals surface area contributed by atoms with E-state index in [4.69, 9.17) is 9.88 Å². The first kappa shape index (κ1) is 21.0. The number of carbonyl (C=O) groups excluding carboxylic acids is 1. The number of halogens is 1. The number of amides is 1. The summed E-state index contributed by atoms with van der Waals surface area (Å²) < 4.78 is 30.2. The van der Waals surface area contributed by atoms with Gasteiger partial charge in [0.2, 0.25) is 15.9 Å². The minimum absolute atomic E-state index is 0.0393. The highest BCUT2D eigenvalue weighted by atomic mass is 79.9. The summed E-state index contributed by atoms with van der Waals surface area (Å²) in [5, 5.41) is 8.25. The molecule has 6 nitrogen and oxygen atoms in total. The first-order valence-corrected chi connectivity index (χ1v) is 11.4. The van der Waals surface area contributed by atoms with Crippen molar-refractivity contribution in [3.05, 3.63) is 58.1 Å². The van der Waals surface area contributed by atoms with Gasteiger partial charge in [0.05, 0.1) is 10.3 Å². The molecule has 3 N–H and O–H groups in total. The third-order valence-corrected chi connectivity index (χ3v) is 6.71. The lowest BCUT2D eigenvalue weighted by Crippen LogP contribution is -2.44. The van der Waals surface area contributed by atoms with Gasteiger partial charge >= 0.3 is 0 Å². The Morgan fingerprint density at radius 1 is 1.18 bits per heavy atom. The maximum atomic E-state index is 13.3. The predicted molar refractivity (Wildman–Crippen MR) is 112 cm³/mol. The normalized spacial score (nSPS) is 16.5. The fourth-order valence-electron chi connectivity index (χ4n) is 3.58. The highest BCUT2D eigenvalue weighted by molar-refractivity contribution is 9.10. The Balaban J connectivity index is 1.96. The number of nitrogens with one attached hydrogen (secondary N) is 1. The molecule has 0 radical (unpaired) electrons. The highest BCUT2D eigenvalue weighted by Gasteiger charge is 2.41. The smallest absolute Gasteiger partial charge is 0.238 e. The van der Waals surface area contributed by atoms with Gasteiger partial charge in [-0.05, 0) is 54.7 Å². The van der Waals surface area contributed by atoms with Crippen LogP contribution in [0.2, 0.25) is 0 Å². The van der Waals surface area contributed by atoms with Crippen LogP contribution in [0.15, 0.2) is 51.8 Å². The Labute approximate surface area is 173 Å².